The summed E-state index contributed by atoms with van der Waals surface area (Å²) in [6, 6.07) is -0.221. The molecule has 0 saturated carbocycles. The molecule has 2 unspecified atom stereocenters. The van der Waals surface area contributed by atoms with E-state index < -0.39 is 18.0 Å². The molecule has 0 bridgehead atoms. The highest BCUT2D eigenvalue weighted by atomic mass is 16.4. The number of aliphatic hydroxyl groups is 1. The predicted octanol–water partition coefficient (Wildman–Crippen LogP) is 0.263. The topological polar surface area (TPSA) is 89.9 Å². The molecule has 0 aromatic heterocycles. The average molecular weight is 244 g/mol. The van der Waals surface area contributed by atoms with Gasteiger partial charge in [-0.1, -0.05) is 6.92 Å². The molecule has 6 heteroatoms. The highest BCUT2D eigenvalue weighted by molar-refractivity contribution is 5.74. The van der Waals surface area contributed by atoms with E-state index in [-0.39, 0.29) is 6.03 Å². The summed E-state index contributed by atoms with van der Waals surface area (Å²) in [5.74, 6) is -1.31. The van der Waals surface area contributed by atoms with E-state index >= 15 is 0 Å². The quantitative estimate of drug-likeness (QED) is 0.662. The Labute approximate surface area is 101 Å². The molecule has 0 spiro atoms. The third-order valence-corrected chi connectivity index (χ3v) is 2.96. The molecule has 1 rings (SSSR count). The number of carbonyl (C=O) groups excluding carboxylic acids is 1. The van der Waals surface area contributed by atoms with Gasteiger partial charge in [0, 0.05) is 19.6 Å². The molecule has 2 amide bonds. The van der Waals surface area contributed by atoms with Crippen LogP contribution in [-0.2, 0) is 4.79 Å². The molecule has 0 aromatic carbocycles. The van der Waals surface area contributed by atoms with Gasteiger partial charge in [0.15, 0.2) is 0 Å². The summed E-state index contributed by atoms with van der Waals surface area (Å²) >= 11 is 0. The molecule has 3 N–H and O–H groups in total. The fourth-order valence-electron chi connectivity index (χ4n) is 1.77. The molecular weight excluding hydrogens is 224 g/mol. The van der Waals surface area contributed by atoms with E-state index in [9.17, 15) is 14.7 Å². The number of aliphatic hydroxyl groups excluding tert-OH is 1. The largest absolute Gasteiger partial charge is 0.481 e. The second-order valence-corrected chi connectivity index (χ2v) is 4.50. The summed E-state index contributed by atoms with van der Waals surface area (Å²) < 4.78 is 0. The Hall–Kier alpha value is -1.30. The minimum Gasteiger partial charge on any atom is -0.481 e. The van der Waals surface area contributed by atoms with Gasteiger partial charge in [-0.3, -0.25) is 4.79 Å². The van der Waals surface area contributed by atoms with Gasteiger partial charge in [-0.25, -0.2) is 4.79 Å². The summed E-state index contributed by atoms with van der Waals surface area (Å²) in [7, 11) is 0. The van der Waals surface area contributed by atoms with Crippen LogP contribution in [0.15, 0.2) is 0 Å². The molecule has 0 radical (unpaired) electrons. The Bertz CT molecular complexity index is 283. The van der Waals surface area contributed by atoms with Crippen molar-refractivity contribution >= 4 is 12.0 Å². The maximum absolute atomic E-state index is 11.7. The van der Waals surface area contributed by atoms with Crippen LogP contribution < -0.4 is 5.32 Å². The number of carboxylic acids is 1. The zero-order valence-corrected chi connectivity index (χ0v) is 10.1. The van der Waals surface area contributed by atoms with Crippen LogP contribution >= 0.6 is 0 Å². The van der Waals surface area contributed by atoms with Crippen LogP contribution in [0.25, 0.3) is 0 Å². The number of hydrogen-bond acceptors (Lipinski definition) is 3. The van der Waals surface area contributed by atoms with Gasteiger partial charge in [-0.15, -0.1) is 0 Å². The van der Waals surface area contributed by atoms with Crippen molar-refractivity contribution in [2.24, 2.45) is 5.92 Å². The third kappa shape index (κ3) is 4.60. The molecule has 1 aliphatic heterocycles. The van der Waals surface area contributed by atoms with Crippen LogP contribution in [0, 0.1) is 5.92 Å². The van der Waals surface area contributed by atoms with E-state index in [0.29, 0.717) is 26.1 Å². The zero-order valence-electron chi connectivity index (χ0n) is 10.1. The predicted molar refractivity (Wildman–Crippen MR) is 61.6 cm³/mol. The lowest BCUT2D eigenvalue weighted by Gasteiger charge is -2.30. The lowest BCUT2D eigenvalue weighted by molar-refractivity contribution is -0.141. The minimum atomic E-state index is -0.854. The van der Waals surface area contributed by atoms with Gasteiger partial charge in [0.1, 0.15) is 0 Å². The number of hydrogen-bond donors (Lipinski definition) is 3. The second kappa shape index (κ2) is 6.44. The Morgan fingerprint density at radius 3 is 2.82 bits per heavy atom. The van der Waals surface area contributed by atoms with Crippen molar-refractivity contribution in [3.8, 4) is 0 Å². The van der Waals surface area contributed by atoms with E-state index in [4.69, 9.17) is 5.11 Å². The van der Waals surface area contributed by atoms with Gasteiger partial charge in [0.2, 0.25) is 0 Å². The van der Waals surface area contributed by atoms with Gasteiger partial charge >= 0.3 is 12.0 Å². The Balaban J connectivity index is 2.22. The van der Waals surface area contributed by atoms with Crippen molar-refractivity contribution in [1.29, 1.82) is 0 Å². The number of likely N-dealkylation sites (tertiary alicyclic amines) is 1. The van der Waals surface area contributed by atoms with Crippen LogP contribution in [0.3, 0.4) is 0 Å². The second-order valence-electron chi connectivity index (χ2n) is 4.50. The molecule has 1 fully saturated rings. The van der Waals surface area contributed by atoms with Gasteiger partial charge in [-0.05, 0) is 19.3 Å². The first kappa shape index (κ1) is 13.8. The van der Waals surface area contributed by atoms with Crippen LogP contribution in [0.2, 0.25) is 0 Å². The summed E-state index contributed by atoms with van der Waals surface area (Å²) in [4.78, 5) is 23.8. The normalized spacial score (nSPS) is 22.0. The molecule has 1 heterocycles. The van der Waals surface area contributed by atoms with Crippen LogP contribution in [0.5, 0.6) is 0 Å². The number of aliphatic carboxylic acids is 1. The molecular formula is C11H20N2O4. The number of nitrogens with zero attached hydrogens (tertiary/aromatic N) is 1. The van der Waals surface area contributed by atoms with Gasteiger partial charge < -0.3 is 20.4 Å². The van der Waals surface area contributed by atoms with Crippen LogP contribution in [-0.4, -0.2) is 52.9 Å². The van der Waals surface area contributed by atoms with Gasteiger partial charge in [0.25, 0.3) is 0 Å². The lowest BCUT2D eigenvalue weighted by atomic mass is 10.1. The summed E-state index contributed by atoms with van der Waals surface area (Å²) in [5, 5.41) is 20.8. The Morgan fingerprint density at radius 2 is 2.24 bits per heavy atom. The third-order valence-electron chi connectivity index (χ3n) is 2.96. The van der Waals surface area contributed by atoms with Crippen molar-refractivity contribution in [1.82, 2.24) is 10.2 Å². The molecule has 98 valence electrons. The van der Waals surface area contributed by atoms with Gasteiger partial charge in [-0.2, -0.15) is 0 Å². The molecule has 2 atom stereocenters. The van der Waals surface area contributed by atoms with Crippen LogP contribution in [0.4, 0.5) is 4.79 Å². The lowest BCUT2D eigenvalue weighted by Crippen LogP contribution is -2.47. The van der Waals surface area contributed by atoms with Crippen molar-refractivity contribution in [2.75, 3.05) is 19.6 Å². The number of nitrogens with one attached hydrogen (secondary N) is 1. The first-order chi connectivity index (χ1) is 8.00. The number of rotatable bonds is 4. The smallest absolute Gasteiger partial charge is 0.317 e. The monoisotopic (exact) mass is 244 g/mol. The SMILES string of the molecule is CC(CCNC(=O)N1CCCC(O)C1)C(=O)O. The van der Waals surface area contributed by atoms with Gasteiger partial charge in [0.05, 0.1) is 12.0 Å². The van der Waals surface area contributed by atoms with Crippen molar-refractivity contribution in [3.05, 3.63) is 0 Å². The van der Waals surface area contributed by atoms with E-state index in [2.05, 4.69) is 5.32 Å². The molecule has 0 aromatic rings. The first-order valence-corrected chi connectivity index (χ1v) is 5.94. The number of piperidine rings is 1. The number of carbonyl (C=O) groups is 2. The Kier molecular flexibility index (Phi) is 5.21. The first-order valence-electron chi connectivity index (χ1n) is 5.94. The highest BCUT2D eigenvalue weighted by Crippen LogP contribution is 2.09. The fraction of sp³-hybridized carbons (Fsp3) is 0.818. The van der Waals surface area contributed by atoms with E-state index in [1.54, 1.807) is 11.8 Å². The average Bonchev–Trinajstić information content (AvgIpc) is 2.28. The summed E-state index contributed by atoms with van der Waals surface area (Å²) in [5.41, 5.74) is 0. The summed E-state index contributed by atoms with van der Waals surface area (Å²) in [6.45, 7) is 2.97. The molecule has 17 heavy (non-hydrogen) atoms. The zero-order chi connectivity index (χ0) is 12.8. The molecule has 0 aliphatic carbocycles. The number of carboxylic acid groups (broad SMARTS) is 1. The van der Waals surface area contributed by atoms with Crippen molar-refractivity contribution in [2.45, 2.75) is 32.3 Å². The van der Waals surface area contributed by atoms with E-state index in [1.807, 2.05) is 0 Å². The standard InChI is InChI=1S/C11H20N2O4/c1-8(10(15)16)4-5-12-11(17)13-6-2-3-9(14)7-13/h8-9,14H,2-7H2,1H3,(H,12,17)(H,15,16). The molecule has 1 saturated heterocycles. The number of amides is 2. The Morgan fingerprint density at radius 1 is 1.53 bits per heavy atom. The van der Waals surface area contributed by atoms with E-state index in [1.165, 1.54) is 0 Å². The minimum absolute atomic E-state index is 0.221. The fourth-order valence-corrected chi connectivity index (χ4v) is 1.77. The van der Waals surface area contributed by atoms with Crippen LogP contribution in [0.1, 0.15) is 26.2 Å². The van der Waals surface area contributed by atoms with Crippen molar-refractivity contribution < 1.29 is 19.8 Å². The number of β-amino-alcohol motifs (C(OH)–C–C–N with tert-alkyl or cyclic N) is 1. The molecule has 1 aliphatic rings. The van der Waals surface area contributed by atoms with E-state index in [0.717, 1.165) is 12.8 Å². The molecule has 6 nitrogen and oxygen atoms in total. The highest BCUT2D eigenvalue weighted by Gasteiger charge is 2.21. The maximum Gasteiger partial charge on any atom is 0.317 e. The summed E-state index contributed by atoms with van der Waals surface area (Å²) in [6.07, 6.45) is 1.52. The maximum atomic E-state index is 11.7. The van der Waals surface area contributed by atoms with Crippen molar-refractivity contribution in [3.63, 3.8) is 0 Å². The number of urea groups is 1.